The van der Waals surface area contributed by atoms with Crippen molar-refractivity contribution in [2.45, 2.75) is 336 Å². The van der Waals surface area contributed by atoms with Crippen molar-refractivity contribution in [3.63, 3.8) is 0 Å². The van der Waals surface area contributed by atoms with Crippen LogP contribution < -0.4 is 0 Å². The highest BCUT2D eigenvalue weighted by atomic mass is 16.6. The topological polar surface area (TPSA) is 78.9 Å². The van der Waals surface area contributed by atoms with Gasteiger partial charge in [0.1, 0.15) is 13.2 Å². The van der Waals surface area contributed by atoms with Gasteiger partial charge in [-0.05, 0) is 31.1 Å². The normalized spacial score (nSPS) is 12.0. The maximum Gasteiger partial charge on any atom is 0.306 e. The van der Waals surface area contributed by atoms with Crippen LogP contribution in [0.5, 0.6) is 0 Å². The molecule has 0 spiro atoms. The van der Waals surface area contributed by atoms with Gasteiger partial charge in [0.15, 0.2) is 6.10 Å². The first-order valence-corrected chi connectivity index (χ1v) is 29.2. The summed E-state index contributed by atoms with van der Waals surface area (Å²) in [6.45, 7) is 11.4. The van der Waals surface area contributed by atoms with E-state index in [9.17, 15) is 14.4 Å². The van der Waals surface area contributed by atoms with Crippen LogP contribution in [0.25, 0.3) is 0 Å². The molecule has 0 fully saturated rings. The SMILES string of the molecule is CCCCCCCCCCCC(=O)O[C@@H](COC(=O)CCCCCCCCCCCCCCCCCCCCC(C)C)COC(=O)CCCCCCCCCCCCCCCCC(C)C. The van der Waals surface area contributed by atoms with Crippen molar-refractivity contribution in [1.29, 1.82) is 0 Å². The average Bonchev–Trinajstić information content (AvgIpc) is 3.28. The molecule has 0 radical (unpaired) electrons. The van der Waals surface area contributed by atoms with Crippen LogP contribution in [0.3, 0.4) is 0 Å². The van der Waals surface area contributed by atoms with Gasteiger partial charge in [-0.2, -0.15) is 0 Å². The van der Waals surface area contributed by atoms with Gasteiger partial charge in [-0.3, -0.25) is 14.4 Å². The zero-order valence-corrected chi connectivity index (χ0v) is 44.6. The summed E-state index contributed by atoms with van der Waals surface area (Å²) in [5.74, 6) is 0.862. The van der Waals surface area contributed by atoms with Crippen molar-refractivity contribution < 1.29 is 28.6 Å². The quantitative estimate of drug-likeness (QED) is 0.0344. The minimum Gasteiger partial charge on any atom is -0.462 e. The first-order chi connectivity index (χ1) is 31.7. The number of ether oxygens (including phenoxy) is 3. The van der Waals surface area contributed by atoms with Crippen molar-refractivity contribution in [3.05, 3.63) is 0 Å². The molecule has 0 saturated heterocycles. The summed E-state index contributed by atoms with van der Waals surface area (Å²) in [4.78, 5) is 38.0. The summed E-state index contributed by atoms with van der Waals surface area (Å²) < 4.78 is 16.9. The zero-order chi connectivity index (χ0) is 47.5. The zero-order valence-electron chi connectivity index (χ0n) is 44.6. The van der Waals surface area contributed by atoms with Gasteiger partial charge >= 0.3 is 17.9 Å². The van der Waals surface area contributed by atoms with Crippen molar-refractivity contribution >= 4 is 17.9 Å². The van der Waals surface area contributed by atoms with Gasteiger partial charge in [-0.25, -0.2) is 0 Å². The summed E-state index contributed by atoms with van der Waals surface area (Å²) in [6, 6.07) is 0. The van der Waals surface area contributed by atoms with Gasteiger partial charge in [0.2, 0.25) is 0 Å². The van der Waals surface area contributed by atoms with Crippen LogP contribution in [0.2, 0.25) is 0 Å². The van der Waals surface area contributed by atoms with E-state index in [1.54, 1.807) is 0 Å². The van der Waals surface area contributed by atoms with Gasteiger partial charge in [0.25, 0.3) is 0 Å². The van der Waals surface area contributed by atoms with Gasteiger partial charge in [-0.15, -0.1) is 0 Å². The van der Waals surface area contributed by atoms with E-state index in [0.717, 1.165) is 69.6 Å². The first-order valence-electron chi connectivity index (χ1n) is 29.2. The summed E-state index contributed by atoms with van der Waals surface area (Å²) in [7, 11) is 0. The van der Waals surface area contributed by atoms with Gasteiger partial charge in [0, 0.05) is 19.3 Å². The summed E-state index contributed by atoms with van der Waals surface area (Å²) in [5, 5.41) is 0. The van der Waals surface area contributed by atoms with E-state index in [4.69, 9.17) is 14.2 Å². The van der Waals surface area contributed by atoms with E-state index in [-0.39, 0.29) is 31.1 Å². The number of carbonyl (C=O) groups excluding carboxylic acids is 3. The van der Waals surface area contributed by atoms with Crippen LogP contribution >= 0.6 is 0 Å². The summed E-state index contributed by atoms with van der Waals surface area (Å²) >= 11 is 0. The molecule has 65 heavy (non-hydrogen) atoms. The van der Waals surface area contributed by atoms with Crippen molar-refractivity contribution in [2.75, 3.05) is 13.2 Å². The number of carbonyl (C=O) groups is 3. The molecular formula is C59H114O6. The second-order valence-electron chi connectivity index (χ2n) is 21.2. The standard InChI is InChI=1S/C59H114O6/c1-6-7-8-9-10-27-36-41-46-51-59(62)65-56(53-64-58(61)50-45-40-35-31-26-22-18-17-20-24-29-33-38-43-48-55(4)5)52-63-57(60)49-44-39-34-30-25-21-16-14-12-11-13-15-19-23-28-32-37-42-47-54(2)3/h54-56H,6-53H2,1-5H3/t56-/m0/s1. The van der Waals surface area contributed by atoms with Crippen LogP contribution in [0, 0.1) is 11.8 Å². The van der Waals surface area contributed by atoms with E-state index in [2.05, 4.69) is 34.6 Å². The maximum absolute atomic E-state index is 12.8. The Morgan fingerprint density at radius 3 is 0.754 bits per heavy atom. The fourth-order valence-corrected chi connectivity index (χ4v) is 9.05. The monoisotopic (exact) mass is 919 g/mol. The first kappa shape index (κ1) is 63.4. The number of esters is 3. The van der Waals surface area contributed by atoms with Crippen molar-refractivity contribution in [1.82, 2.24) is 0 Å². The molecule has 0 saturated carbocycles. The van der Waals surface area contributed by atoms with E-state index in [1.807, 2.05) is 0 Å². The third-order valence-corrected chi connectivity index (χ3v) is 13.5. The molecule has 0 aliphatic carbocycles. The lowest BCUT2D eigenvalue weighted by Gasteiger charge is -2.18. The molecule has 0 aromatic rings. The molecule has 0 N–H and O–H groups in total. The highest BCUT2D eigenvalue weighted by molar-refractivity contribution is 5.71. The summed E-state index contributed by atoms with van der Waals surface area (Å²) in [6.07, 6.45) is 55.3. The maximum atomic E-state index is 12.8. The fourth-order valence-electron chi connectivity index (χ4n) is 9.05. The Hall–Kier alpha value is -1.59. The number of hydrogen-bond donors (Lipinski definition) is 0. The third-order valence-electron chi connectivity index (χ3n) is 13.5. The molecule has 0 amide bonds. The third kappa shape index (κ3) is 53.2. The second kappa shape index (κ2) is 51.8. The van der Waals surface area contributed by atoms with Crippen molar-refractivity contribution in [2.24, 2.45) is 11.8 Å². The predicted octanol–water partition coefficient (Wildman–Crippen LogP) is 19.3. The molecule has 6 heteroatoms. The lowest BCUT2D eigenvalue weighted by Crippen LogP contribution is -2.30. The van der Waals surface area contributed by atoms with E-state index < -0.39 is 6.10 Å². The Morgan fingerprint density at radius 1 is 0.292 bits per heavy atom. The molecule has 0 aromatic carbocycles. The molecule has 0 rings (SSSR count). The van der Waals surface area contributed by atoms with E-state index >= 15 is 0 Å². The van der Waals surface area contributed by atoms with Crippen LogP contribution in [0.1, 0.15) is 330 Å². The largest absolute Gasteiger partial charge is 0.462 e. The molecule has 0 unspecified atom stereocenters. The van der Waals surface area contributed by atoms with Gasteiger partial charge < -0.3 is 14.2 Å². The Bertz CT molecular complexity index is 993. The molecule has 0 bridgehead atoms. The number of hydrogen-bond acceptors (Lipinski definition) is 6. The van der Waals surface area contributed by atoms with Crippen LogP contribution in [0.4, 0.5) is 0 Å². The highest BCUT2D eigenvalue weighted by Crippen LogP contribution is 2.18. The van der Waals surface area contributed by atoms with Gasteiger partial charge in [0.05, 0.1) is 0 Å². The van der Waals surface area contributed by atoms with Crippen molar-refractivity contribution in [3.8, 4) is 0 Å². The Labute approximate surface area is 406 Å². The fraction of sp³-hybridized carbons (Fsp3) is 0.949. The average molecular weight is 920 g/mol. The van der Waals surface area contributed by atoms with E-state index in [0.29, 0.717) is 19.3 Å². The molecule has 0 aliphatic heterocycles. The lowest BCUT2D eigenvalue weighted by atomic mass is 10.0. The van der Waals surface area contributed by atoms with Crippen LogP contribution in [-0.2, 0) is 28.6 Å². The van der Waals surface area contributed by atoms with Crippen LogP contribution in [0.15, 0.2) is 0 Å². The minimum absolute atomic E-state index is 0.0628. The Balaban J connectivity index is 4.15. The van der Waals surface area contributed by atoms with Crippen LogP contribution in [-0.4, -0.2) is 37.2 Å². The molecule has 0 heterocycles. The molecule has 6 nitrogen and oxygen atoms in total. The Kier molecular flexibility index (Phi) is 50.5. The minimum atomic E-state index is -0.761. The van der Waals surface area contributed by atoms with Gasteiger partial charge in [-0.1, -0.05) is 291 Å². The highest BCUT2D eigenvalue weighted by Gasteiger charge is 2.19. The Morgan fingerprint density at radius 2 is 0.508 bits per heavy atom. The summed E-state index contributed by atoms with van der Waals surface area (Å²) in [5.41, 5.74) is 0. The van der Waals surface area contributed by atoms with E-state index in [1.165, 1.54) is 218 Å². The number of unbranched alkanes of at least 4 members (excludes halogenated alkanes) is 38. The smallest absolute Gasteiger partial charge is 0.306 e. The number of rotatable bonds is 53. The molecule has 0 aliphatic rings. The predicted molar refractivity (Wildman–Crippen MR) is 280 cm³/mol. The molecule has 1 atom stereocenters. The lowest BCUT2D eigenvalue weighted by molar-refractivity contribution is -0.167. The molecular weight excluding hydrogens is 805 g/mol. The molecule has 386 valence electrons. The second-order valence-corrected chi connectivity index (χ2v) is 21.2. The molecule has 0 aromatic heterocycles.